The number of halogens is 1. The Hall–Kier alpha value is -2.60. The van der Waals surface area contributed by atoms with Crippen molar-refractivity contribution in [2.75, 3.05) is 11.6 Å². The van der Waals surface area contributed by atoms with Crippen LogP contribution in [0.5, 0.6) is 0 Å². The molecule has 0 aliphatic carbocycles. The SMILES string of the molecule is CSc1ncc(C(=O)Nc2ccccc2C)n1-c1ccc(F)cc1. The van der Waals surface area contributed by atoms with Gasteiger partial charge in [0.1, 0.15) is 11.5 Å². The van der Waals surface area contributed by atoms with Crippen LogP contribution in [0.4, 0.5) is 10.1 Å². The highest BCUT2D eigenvalue weighted by atomic mass is 32.2. The second-order valence-corrected chi connectivity index (χ2v) is 5.98. The van der Waals surface area contributed by atoms with Crippen molar-refractivity contribution in [3.8, 4) is 5.69 Å². The molecule has 0 spiro atoms. The summed E-state index contributed by atoms with van der Waals surface area (Å²) in [7, 11) is 0. The van der Waals surface area contributed by atoms with Crippen LogP contribution in [0.25, 0.3) is 5.69 Å². The van der Waals surface area contributed by atoms with E-state index in [0.717, 1.165) is 11.3 Å². The van der Waals surface area contributed by atoms with E-state index >= 15 is 0 Å². The van der Waals surface area contributed by atoms with Crippen molar-refractivity contribution in [2.45, 2.75) is 12.1 Å². The molecule has 1 aromatic heterocycles. The van der Waals surface area contributed by atoms with Crippen molar-refractivity contribution in [3.05, 3.63) is 71.8 Å². The molecule has 0 saturated heterocycles. The Morgan fingerprint density at radius 3 is 2.54 bits per heavy atom. The molecular weight excluding hydrogens is 325 g/mol. The van der Waals surface area contributed by atoms with Crippen LogP contribution in [0, 0.1) is 12.7 Å². The molecular formula is C18H16FN3OS. The van der Waals surface area contributed by atoms with Gasteiger partial charge in [-0.1, -0.05) is 30.0 Å². The summed E-state index contributed by atoms with van der Waals surface area (Å²) >= 11 is 1.42. The number of imidazole rings is 1. The number of aromatic nitrogens is 2. The number of hydrogen-bond acceptors (Lipinski definition) is 3. The van der Waals surface area contributed by atoms with Crippen LogP contribution in [0.3, 0.4) is 0 Å². The van der Waals surface area contributed by atoms with Crippen LogP contribution >= 0.6 is 11.8 Å². The van der Waals surface area contributed by atoms with E-state index in [0.29, 0.717) is 16.5 Å². The summed E-state index contributed by atoms with van der Waals surface area (Å²) in [4.78, 5) is 17.0. The van der Waals surface area contributed by atoms with Crippen molar-refractivity contribution in [1.82, 2.24) is 9.55 Å². The molecule has 0 aliphatic rings. The van der Waals surface area contributed by atoms with Crippen LogP contribution in [0.1, 0.15) is 16.1 Å². The van der Waals surface area contributed by atoms with Crippen LogP contribution in [-0.4, -0.2) is 21.7 Å². The average Bonchev–Trinajstić information content (AvgIpc) is 3.02. The van der Waals surface area contributed by atoms with Crippen LogP contribution < -0.4 is 5.32 Å². The number of rotatable bonds is 4. The molecule has 0 fully saturated rings. The fourth-order valence-corrected chi connectivity index (χ4v) is 2.92. The Labute approximate surface area is 143 Å². The van der Waals surface area contributed by atoms with Gasteiger partial charge in [0, 0.05) is 11.4 Å². The number of aryl methyl sites for hydroxylation is 1. The highest BCUT2D eigenvalue weighted by molar-refractivity contribution is 7.98. The summed E-state index contributed by atoms with van der Waals surface area (Å²) in [6.45, 7) is 1.93. The summed E-state index contributed by atoms with van der Waals surface area (Å²) in [5, 5.41) is 3.57. The van der Waals surface area contributed by atoms with Gasteiger partial charge in [-0.2, -0.15) is 0 Å². The Bertz CT molecular complexity index is 874. The summed E-state index contributed by atoms with van der Waals surface area (Å²) in [6, 6.07) is 13.5. The number of amides is 1. The predicted molar refractivity (Wildman–Crippen MR) is 94.4 cm³/mol. The van der Waals surface area contributed by atoms with Crippen molar-refractivity contribution < 1.29 is 9.18 Å². The first-order chi connectivity index (χ1) is 11.6. The lowest BCUT2D eigenvalue weighted by atomic mass is 10.2. The molecule has 6 heteroatoms. The average molecular weight is 341 g/mol. The third kappa shape index (κ3) is 3.19. The van der Waals surface area contributed by atoms with E-state index in [1.807, 2.05) is 37.4 Å². The number of thioether (sulfide) groups is 1. The second kappa shape index (κ2) is 6.88. The first-order valence-corrected chi connectivity index (χ1v) is 8.57. The van der Waals surface area contributed by atoms with Gasteiger partial charge in [0.15, 0.2) is 5.16 Å². The summed E-state index contributed by atoms with van der Waals surface area (Å²) < 4.78 is 14.9. The smallest absolute Gasteiger partial charge is 0.274 e. The molecule has 4 nitrogen and oxygen atoms in total. The van der Waals surface area contributed by atoms with Crippen LogP contribution in [0.15, 0.2) is 59.9 Å². The van der Waals surface area contributed by atoms with E-state index in [4.69, 9.17) is 0 Å². The third-order valence-electron chi connectivity index (χ3n) is 3.62. The molecule has 0 unspecified atom stereocenters. The molecule has 0 radical (unpaired) electrons. The van der Waals surface area contributed by atoms with Gasteiger partial charge in [-0.25, -0.2) is 9.37 Å². The van der Waals surface area contributed by atoms with Gasteiger partial charge in [-0.3, -0.25) is 9.36 Å². The summed E-state index contributed by atoms with van der Waals surface area (Å²) in [5.74, 6) is -0.586. The molecule has 1 amide bonds. The van der Waals surface area contributed by atoms with E-state index < -0.39 is 0 Å². The topological polar surface area (TPSA) is 46.9 Å². The zero-order valence-electron chi connectivity index (χ0n) is 13.3. The minimum atomic E-state index is -0.324. The monoisotopic (exact) mass is 341 g/mol. The molecule has 122 valence electrons. The molecule has 3 rings (SSSR count). The Kier molecular flexibility index (Phi) is 4.66. The standard InChI is InChI=1S/C18H16FN3OS/c1-12-5-3-4-6-15(12)21-17(23)16-11-20-18(24-2)22(16)14-9-7-13(19)8-10-14/h3-11H,1-2H3,(H,21,23). The van der Waals surface area contributed by atoms with Gasteiger partial charge in [0.05, 0.1) is 6.20 Å². The number of nitrogens with zero attached hydrogens (tertiary/aromatic N) is 2. The molecule has 0 bridgehead atoms. The number of carbonyl (C=O) groups is 1. The van der Waals surface area contributed by atoms with Gasteiger partial charge in [-0.05, 0) is 49.1 Å². The van der Waals surface area contributed by atoms with E-state index in [9.17, 15) is 9.18 Å². The van der Waals surface area contributed by atoms with Gasteiger partial charge in [0.2, 0.25) is 0 Å². The van der Waals surface area contributed by atoms with Gasteiger partial charge in [-0.15, -0.1) is 0 Å². The van der Waals surface area contributed by atoms with Crippen molar-refractivity contribution in [2.24, 2.45) is 0 Å². The zero-order valence-corrected chi connectivity index (χ0v) is 14.1. The van der Waals surface area contributed by atoms with E-state index in [1.54, 1.807) is 16.7 Å². The number of para-hydroxylation sites is 1. The maximum absolute atomic E-state index is 13.2. The van der Waals surface area contributed by atoms with Gasteiger partial charge in [0.25, 0.3) is 5.91 Å². The fourth-order valence-electron chi connectivity index (χ4n) is 2.38. The lowest BCUT2D eigenvalue weighted by Gasteiger charge is -2.12. The Morgan fingerprint density at radius 2 is 1.88 bits per heavy atom. The van der Waals surface area contributed by atoms with E-state index in [1.165, 1.54) is 30.1 Å². The number of anilines is 1. The summed E-state index contributed by atoms with van der Waals surface area (Å²) in [5.41, 5.74) is 2.81. The van der Waals surface area contributed by atoms with Crippen molar-refractivity contribution in [3.63, 3.8) is 0 Å². The summed E-state index contributed by atoms with van der Waals surface area (Å²) in [6.07, 6.45) is 3.41. The Morgan fingerprint density at radius 1 is 1.17 bits per heavy atom. The van der Waals surface area contributed by atoms with E-state index in [2.05, 4.69) is 10.3 Å². The third-order valence-corrected chi connectivity index (χ3v) is 4.28. The maximum Gasteiger partial charge on any atom is 0.274 e. The maximum atomic E-state index is 13.2. The highest BCUT2D eigenvalue weighted by Gasteiger charge is 2.18. The number of nitrogens with one attached hydrogen (secondary N) is 1. The zero-order chi connectivity index (χ0) is 17.1. The molecule has 1 heterocycles. The van der Waals surface area contributed by atoms with E-state index in [-0.39, 0.29) is 11.7 Å². The van der Waals surface area contributed by atoms with Gasteiger partial charge >= 0.3 is 0 Å². The molecule has 2 aromatic carbocycles. The first kappa shape index (κ1) is 16.3. The second-order valence-electron chi connectivity index (χ2n) is 5.21. The lowest BCUT2D eigenvalue weighted by Crippen LogP contribution is -2.17. The Balaban J connectivity index is 1.99. The highest BCUT2D eigenvalue weighted by Crippen LogP contribution is 2.23. The lowest BCUT2D eigenvalue weighted by molar-refractivity contribution is 0.102. The largest absolute Gasteiger partial charge is 0.320 e. The quantitative estimate of drug-likeness (QED) is 0.720. The van der Waals surface area contributed by atoms with Crippen LogP contribution in [-0.2, 0) is 0 Å². The fraction of sp³-hybridized carbons (Fsp3) is 0.111. The molecule has 24 heavy (non-hydrogen) atoms. The van der Waals surface area contributed by atoms with Crippen LogP contribution in [0.2, 0.25) is 0 Å². The molecule has 1 N–H and O–H groups in total. The number of hydrogen-bond donors (Lipinski definition) is 1. The minimum absolute atomic E-state index is 0.263. The van der Waals surface area contributed by atoms with Gasteiger partial charge < -0.3 is 5.32 Å². The van der Waals surface area contributed by atoms with Crippen molar-refractivity contribution in [1.29, 1.82) is 0 Å². The van der Waals surface area contributed by atoms with Crippen molar-refractivity contribution >= 4 is 23.4 Å². The molecule has 0 aliphatic heterocycles. The molecule has 0 saturated carbocycles. The number of benzene rings is 2. The molecule has 0 atom stereocenters. The molecule has 3 aromatic rings. The predicted octanol–water partition coefficient (Wildman–Crippen LogP) is 4.29. The number of carbonyl (C=O) groups excluding carboxylic acids is 1. The minimum Gasteiger partial charge on any atom is -0.320 e. The first-order valence-electron chi connectivity index (χ1n) is 7.35. The normalized spacial score (nSPS) is 10.6.